The third-order valence-electron chi connectivity index (χ3n) is 2.40. The Bertz CT molecular complexity index is 646. The second-order valence-electron chi connectivity index (χ2n) is 7.18. The van der Waals surface area contributed by atoms with Gasteiger partial charge in [0.2, 0.25) is 0 Å². The summed E-state index contributed by atoms with van der Waals surface area (Å²) in [6.45, 7) is 10.9. The molecule has 0 fully saturated rings. The van der Waals surface area contributed by atoms with Gasteiger partial charge in [-0.3, -0.25) is 0 Å². The van der Waals surface area contributed by atoms with Crippen LogP contribution >= 0.6 is 0 Å². The van der Waals surface area contributed by atoms with E-state index in [1.165, 1.54) is 0 Å². The standard InChI is InChI=1S/C18H24N2O4/c1-17(2,3)23-15(22-16(21)24-18(4,5)6)20-12-14-9-7-8-13(10-14)11-19/h7-10H,12H2,1-6H3/b20-15-. The molecule has 1 aromatic rings. The van der Waals surface area contributed by atoms with Gasteiger partial charge in [0.25, 0.3) is 0 Å². The fourth-order valence-electron chi connectivity index (χ4n) is 1.58. The average Bonchev–Trinajstić information content (AvgIpc) is 2.41. The summed E-state index contributed by atoms with van der Waals surface area (Å²) < 4.78 is 15.8. The Morgan fingerprint density at radius 3 is 2.29 bits per heavy atom. The summed E-state index contributed by atoms with van der Waals surface area (Å²) in [4.78, 5) is 16.0. The largest absolute Gasteiger partial charge is 0.517 e. The molecule has 0 N–H and O–H groups in total. The monoisotopic (exact) mass is 332 g/mol. The van der Waals surface area contributed by atoms with Crippen LogP contribution in [0.5, 0.6) is 0 Å². The lowest BCUT2D eigenvalue weighted by Crippen LogP contribution is -2.30. The molecule has 0 amide bonds. The van der Waals surface area contributed by atoms with Crippen LogP contribution in [0.15, 0.2) is 29.3 Å². The fraction of sp³-hybridized carbons (Fsp3) is 0.500. The zero-order valence-electron chi connectivity index (χ0n) is 15.0. The van der Waals surface area contributed by atoms with Gasteiger partial charge in [-0.15, -0.1) is 0 Å². The van der Waals surface area contributed by atoms with E-state index in [0.29, 0.717) is 5.56 Å². The highest BCUT2D eigenvalue weighted by molar-refractivity contribution is 5.80. The zero-order chi connectivity index (χ0) is 18.4. The minimum Gasteiger partial charge on any atom is -0.445 e. The number of benzene rings is 1. The molecule has 0 atom stereocenters. The number of hydrogen-bond donors (Lipinski definition) is 0. The van der Waals surface area contributed by atoms with Crippen molar-refractivity contribution in [3.63, 3.8) is 0 Å². The van der Waals surface area contributed by atoms with E-state index in [9.17, 15) is 4.79 Å². The van der Waals surface area contributed by atoms with Crippen LogP contribution in [-0.4, -0.2) is 23.4 Å². The third kappa shape index (κ3) is 8.18. The zero-order valence-corrected chi connectivity index (χ0v) is 15.0. The topological polar surface area (TPSA) is 80.9 Å². The average molecular weight is 332 g/mol. The van der Waals surface area contributed by atoms with E-state index in [1.54, 1.807) is 39.0 Å². The fourth-order valence-corrected chi connectivity index (χ4v) is 1.58. The summed E-state index contributed by atoms with van der Waals surface area (Å²) in [5.74, 6) is 0. The summed E-state index contributed by atoms with van der Waals surface area (Å²) in [5, 5.41) is 8.92. The van der Waals surface area contributed by atoms with Crippen molar-refractivity contribution in [2.24, 2.45) is 4.99 Å². The van der Waals surface area contributed by atoms with Gasteiger partial charge in [-0.25, -0.2) is 9.79 Å². The molecule has 0 radical (unpaired) electrons. The van der Waals surface area contributed by atoms with Crippen molar-refractivity contribution in [1.82, 2.24) is 0 Å². The Balaban J connectivity index is 2.88. The maximum atomic E-state index is 11.8. The molecule has 6 nitrogen and oxygen atoms in total. The third-order valence-corrected chi connectivity index (χ3v) is 2.40. The lowest BCUT2D eigenvalue weighted by molar-refractivity contribution is -0.00128. The highest BCUT2D eigenvalue weighted by Gasteiger charge is 2.23. The molecule has 130 valence electrons. The highest BCUT2D eigenvalue weighted by Crippen LogP contribution is 2.13. The first kappa shape index (κ1) is 19.5. The van der Waals surface area contributed by atoms with Crippen LogP contribution in [-0.2, 0) is 20.8 Å². The van der Waals surface area contributed by atoms with Gasteiger partial charge in [-0.2, -0.15) is 5.26 Å². The van der Waals surface area contributed by atoms with Gasteiger partial charge in [0, 0.05) is 0 Å². The minimum atomic E-state index is -0.878. The summed E-state index contributed by atoms with van der Waals surface area (Å²) in [7, 11) is 0. The summed E-state index contributed by atoms with van der Waals surface area (Å²) in [6.07, 6.45) is -1.05. The number of carbonyl (C=O) groups is 1. The van der Waals surface area contributed by atoms with Crippen LogP contribution in [0.3, 0.4) is 0 Å². The first-order valence-electron chi connectivity index (χ1n) is 7.62. The van der Waals surface area contributed by atoms with E-state index >= 15 is 0 Å². The van der Waals surface area contributed by atoms with E-state index in [2.05, 4.69) is 11.1 Å². The number of hydrogen-bond acceptors (Lipinski definition) is 6. The lowest BCUT2D eigenvalue weighted by Gasteiger charge is -2.23. The smallest absolute Gasteiger partial charge is 0.445 e. The molecule has 24 heavy (non-hydrogen) atoms. The van der Waals surface area contributed by atoms with Crippen LogP contribution in [0.2, 0.25) is 0 Å². The molecule has 0 aliphatic heterocycles. The Morgan fingerprint density at radius 1 is 1.12 bits per heavy atom. The Labute approximate surface area is 143 Å². The first-order valence-corrected chi connectivity index (χ1v) is 7.62. The normalized spacial score (nSPS) is 12.3. The summed E-state index contributed by atoms with van der Waals surface area (Å²) >= 11 is 0. The van der Waals surface area contributed by atoms with Gasteiger partial charge >= 0.3 is 12.2 Å². The molecule has 0 aliphatic rings. The molecule has 1 aromatic carbocycles. The molecule has 0 saturated carbocycles. The number of nitriles is 1. The van der Waals surface area contributed by atoms with Gasteiger partial charge in [-0.05, 0) is 59.2 Å². The van der Waals surface area contributed by atoms with Gasteiger partial charge in [-0.1, -0.05) is 12.1 Å². The predicted octanol–water partition coefficient (Wildman–Crippen LogP) is 4.18. The van der Waals surface area contributed by atoms with Crippen molar-refractivity contribution >= 4 is 12.2 Å². The van der Waals surface area contributed by atoms with Crippen LogP contribution < -0.4 is 0 Å². The van der Waals surface area contributed by atoms with Gasteiger partial charge < -0.3 is 14.2 Å². The number of nitrogens with zero attached hydrogens (tertiary/aromatic N) is 2. The molecule has 0 heterocycles. The van der Waals surface area contributed by atoms with Gasteiger partial charge in [0.05, 0.1) is 18.2 Å². The van der Waals surface area contributed by atoms with Crippen molar-refractivity contribution in [3.8, 4) is 6.07 Å². The van der Waals surface area contributed by atoms with Gasteiger partial charge in [0.1, 0.15) is 11.2 Å². The Morgan fingerprint density at radius 2 is 1.75 bits per heavy atom. The van der Waals surface area contributed by atoms with Crippen molar-refractivity contribution < 1.29 is 19.0 Å². The lowest BCUT2D eigenvalue weighted by atomic mass is 10.1. The number of ether oxygens (including phenoxy) is 3. The van der Waals surface area contributed by atoms with E-state index in [-0.39, 0.29) is 12.6 Å². The second-order valence-corrected chi connectivity index (χ2v) is 7.18. The summed E-state index contributed by atoms with van der Waals surface area (Å²) in [5.41, 5.74) is 0.0753. The molecule has 0 unspecified atom stereocenters. The van der Waals surface area contributed by atoms with E-state index in [0.717, 1.165) is 5.56 Å². The molecule has 0 saturated heterocycles. The number of rotatable bonds is 2. The van der Waals surface area contributed by atoms with Crippen molar-refractivity contribution in [3.05, 3.63) is 35.4 Å². The maximum Gasteiger partial charge on any atom is 0.517 e. The van der Waals surface area contributed by atoms with Crippen molar-refractivity contribution in [2.75, 3.05) is 0 Å². The first-order chi connectivity index (χ1) is 11.0. The minimum absolute atomic E-state index is 0.167. The van der Waals surface area contributed by atoms with Crippen LogP contribution in [0.4, 0.5) is 4.79 Å². The predicted molar refractivity (Wildman–Crippen MR) is 90.5 cm³/mol. The SMILES string of the molecule is CC(C)(C)OC(=O)O/C(=N/Cc1cccc(C#N)c1)OC(C)(C)C. The highest BCUT2D eigenvalue weighted by atomic mass is 16.8. The molecular formula is C18H24N2O4. The Hall–Kier alpha value is -2.55. The quantitative estimate of drug-likeness (QED) is 0.461. The molecule has 0 aliphatic carbocycles. The molecule has 6 heteroatoms. The van der Waals surface area contributed by atoms with Crippen molar-refractivity contribution in [1.29, 1.82) is 5.26 Å². The molecule has 1 rings (SSSR count). The number of aliphatic imine (C=N–C) groups is 1. The second kappa shape index (κ2) is 7.82. The van der Waals surface area contributed by atoms with E-state index in [1.807, 2.05) is 26.8 Å². The van der Waals surface area contributed by atoms with Gasteiger partial charge in [0.15, 0.2) is 0 Å². The molecular weight excluding hydrogens is 308 g/mol. The van der Waals surface area contributed by atoms with Crippen LogP contribution in [0, 0.1) is 11.3 Å². The molecule has 0 spiro atoms. The maximum absolute atomic E-state index is 11.8. The van der Waals surface area contributed by atoms with Crippen molar-refractivity contribution in [2.45, 2.75) is 59.3 Å². The van der Waals surface area contributed by atoms with E-state index in [4.69, 9.17) is 19.5 Å². The number of carbonyl (C=O) groups excluding carboxylic acids is 1. The molecule has 0 bridgehead atoms. The summed E-state index contributed by atoms with van der Waals surface area (Å²) in [6, 6.07) is 9.08. The van der Waals surface area contributed by atoms with E-state index < -0.39 is 17.4 Å². The Kier molecular flexibility index (Phi) is 6.35. The molecule has 0 aromatic heterocycles. The van der Waals surface area contributed by atoms with Crippen LogP contribution in [0.25, 0.3) is 0 Å². The van der Waals surface area contributed by atoms with Crippen LogP contribution in [0.1, 0.15) is 52.7 Å².